The molecule has 0 spiro atoms. The van der Waals surface area contributed by atoms with E-state index in [0.29, 0.717) is 62.0 Å². The molecular weight excluding hydrogens is 686 g/mol. The number of carbonyl (C=O) groups is 4. The number of allylic oxidation sites excluding steroid dienone is 2. The lowest BCUT2D eigenvalue weighted by Gasteiger charge is -2.30. The lowest BCUT2D eigenvalue weighted by molar-refractivity contribution is -0.159. The number of ether oxygens (including phenoxy) is 3. The number of nitrogens with one attached hydrogen (secondary N) is 2. The number of benzene rings is 3. The van der Waals surface area contributed by atoms with Crippen molar-refractivity contribution in [2.24, 2.45) is 5.10 Å². The first-order valence-electron chi connectivity index (χ1n) is 17.1. The van der Waals surface area contributed by atoms with Crippen molar-refractivity contribution in [3.63, 3.8) is 0 Å². The monoisotopic (exact) mass is 729 g/mol. The number of methoxy groups -OCH3 is 1. The molecule has 52 heavy (non-hydrogen) atoms. The minimum atomic E-state index is -1.03. The summed E-state index contributed by atoms with van der Waals surface area (Å²) in [5.41, 5.74) is 7.61. The number of carbonyl (C=O) groups excluding carboxylic acids is 4. The van der Waals surface area contributed by atoms with E-state index in [1.54, 1.807) is 30.2 Å². The Labute approximate surface area is 308 Å². The Balaban J connectivity index is 1.20. The highest BCUT2D eigenvalue weighted by Crippen LogP contribution is 2.40. The average molecular weight is 730 g/mol. The van der Waals surface area contributed by atoms with Gasteiger partial charge in [-0.25, -0.2) is 5.43 Å². The van der Waals surface area contributed by atoms with Crippen molar-refractivity contribution >= 4 is 46.6 Å². The van der Waals surface area contributed by atoms with Gasteiger partial charge in [0.15, 0.2) is 12.7 Å². The zero-order valence-electron chi connectivity index (χ0n) is 29.8. The summed E-state index contributed by atoms with van der Waals surface area (Å²) in [5, 5.41) is 7.27. The molecule has 2 aliphatic heterocycles. The fraction of sp³-hybridized carbons (Fsp3) is 0.359. The number of rotatable bonds is 14. The quantitative estimate of drug-likeness (QED) is 0.227. The first-order valence-corrected chi connectivity index (χ1v) is 17.5. The topological polar surface area (TPSA) is 139 Å². The van der Waals surface area contributed by atoms with E-state index in [2.05, 4.69) is 15.8 Å². The molecule has 0 radical (unpaired) electrons. The molecule has 3 amide bonds. The Morgan fingerprint density at radius 2 is 1.77 bits per heavy atom. The molecular formula is C39H44ClN5O7. The van der Waals surface area contributed by atoms with Crippen LogP contribution in [-0.4, -0.2) is 92.2 Å². The summed E-state index contributed by atoms with van der Waals surface area (Å²) in [5.74, 6) is -0.622. The zero-order valence-corrected chi connectivity index (χ0v) is 30.6. The van der Waals surface area contributed by atoms with E-state index in [1.807, 2.05) is 73.5 Å². The Morgan fingerprint density at radius 1 is 1.02 bits per heavy atom. The number of likely N-dealkylation sites (N-methyl/N-ethyl adjacent to an activating group) is 1. The van der Waals surface area contributed by atoms with Gasteiger partial charge in [-0.05, 0) is 73.0 Å². The minimum absolute atomic E-state index is 0.127. The number of amides is 3. The largest absolute Gasteiger partial charge is 0.497 e. The van der Waals surface area contributed by atoms with Crippen LogP contribution in [0.5, 0.6) is 11.5 Å². The fourth-order valence-corrected chi connectivity index (χ4v) is 6.51. The second kappa shape index (κ2) is 17.8. The molecule has 3 aromatic rings. The highest BCUT2D eigenvalue weighted by Gasteiger charge is 2.40. The number of halogens is 1. The van der Waals surface area contributed by atoms with Crippen LogP contribution in [0.1, 0.15) is 55.7 Å². The predicted octanol–water partition coefficient (Wildman–Crippen LogP) is 4.77. The van der Waals surface area contributed by atoms with Gasteiger partial charge in [0.2, 0.25) is 5.91 Å². The summed E-state index contributed by atoms with van der Waals surface area (Å²) in [6.45, 7) is 4.73. The van der Waals surface area contributed by atoms with E-state index in [4.69, 9.17) is 25.8 Å². The molecule has 2 aliphatic rings. The number of hydrogen-bond donors (Lipinski definition) is 2. The van der Waals surface area contributed by atoms with E-state index >= 15 is 0 Å². The fourth-order valence-electron chi connectivity index (χ4n) is 6.27. The minimum Gasteiger partial charge on any atom is -0.497 e. The molecule has 0 aromatic heterocycles. The molecule has 13 heteroatoms. The third kappa shape index (κ3) is 9.77. The van der Waals surface area contributed by atoms with E-state index in [0.717, 1.165) is 33.7 Å². The summed E-state index contributed by atoms with van der Waals surface area (Å²) >= 11 is 6.40. The molecule has 274 valence electrons. The predicted molar refractivity (Wildman–Crippen MR) is 198 cm³/mol. The zero-order chi connectivity index (χ0) is 37.2. The van der Waals surface area contributed by atoms with Gasteiger partial charge >= 0.3 is 5.97 Å². The van der Waals surface area contributed by atoms with Crippen LogP contribution in [0.3, 0.4) is 0 Å². The first-order chi connectivity index (χ1) is 25.0. The van der Waals surface area contributed by atoms with Crippen LogP contribution >= 0.6 is 11.6 Å². The summed E-state index contributed by atoms with van der Waals surface area (Å²) in [6, 6.07) is 22.6. The summed E-state index contributed by atoms with van der Waals surface area (Å²) in [7, 11) is 3.51. The summed E-state index contributed by atoms with van der Waals surface area (Å²) < 4.78 is 16.8. The van der Waals surface area contributed by atoms with Crippen LogP contribution in [0.15, 0.2) is 83.6 Å². The maximum atomic E-state index is 14.3. The van der Waals surface area contributed by atoms with Crippen molar-refractivity contribution in [2.45, 2.75) is 45.1 Å². The van der Waals surface area contributed by atoms with Gasteiger partial charge in [-0.3, -0.25) is 19.2 Å². The molecule has 5 rings (SSSR count). The number of nitrogens with zero attached hydrogens (tertiary/aromatic N) is 3. The lowest BCUT2D eigenvalue weighted by Crippen LogP contribution is -2.45. The molecule has 0 saturated heterocycles. The van der Waals surface area contributed by atoms with Crippen LogP contribution in [0, 0.1) is 0 Å². The number of esters is 1. The second-order valence-electron chi connectivity index (χ2n) is 12.7. The Kier molecular flexibility index (Phi) is 13.0. The van der Waals surface area contributed by atoms with E-state index < -0.39 is 18.0 Å². The van der Waals surface area contributed by atoms with Gasteiger partial charge in [-0.1, -0.05) is 54.1 Å². The highest BCUT2D eigenvalue weighted by atomic mass is 35.5. The van der Waals surface area contributed by atoms with E-state index in [-0.39, 0.29) is 24.3 Å². The van der Waals surface area contributed by atoms with Crippen LogP contribution in [0.4, 0.5) is 0 Å². The first kappa shape index (κ1) is 38.0. The van der Waals surface area contributed by atoms with Crippen molar-refractivity contribution < 1.29 is 33.4 Å². The molecule has 0 unspecified atom stereocenters. The summed E-state index contributed by atoms with van der Waals surface area (Å²) in [6.07, 6.45) is 0.323. The third-order valence-corrected chi connectivity index (χ3v) is 9.44. The van der Waals surface area contributed by atoms with Gasteiger partial charge in [0.1, 0.15) is 11.5 Å². The van der Waals surface area contributed by atoms with Crippen molar-refractivity contribution in [2.75, 3.05) is 46.9 Å². The SMILES string of the molecule is COc1ccc([C@@H]2CC(c3ccccc3)=C(C)N(CCN(C)CCNC(=O)COc3ccc(C4=NNC(=O)CC4)cc3Cl)C(=O)[C@@H]2OC(C)=O)cc1. The van der Waals surface area contributed by atoms with Gasteiger partial charge in [0.05, 0.1) is 17.8 Å². The number of hydrazone groups is 1. The van der Waals surface area contributed by atoms with E-state index in [1.165, 1.54) is 6.92 Å². The van der Waals surface area contributed by atoms with Gasteiger partial charge < -0.3 is 29.3 Å². The lowest BCUT2D eigenvalue weighted by atomic mass is 9.85. The molecule has 0 fully saturated rings. The van der Waals surface area contributed by atoms with Crippen molar-refractivity contribution in [1.29, 1.82) is 0 Å². The summed E-state index contributed by atoms with van der Waals surface area (Å²) in [4.78, 5) is 54.3. The molecule has 2 N–H and O–H groups in total. The Hall–Kier alpha value is -5.20. The van der Waals surface area contributed by atoms with E-state index in [9.17, 15) is 19.2 Å². The smallest absolute Gasteiger partial charge is 0.303 e. The molecule has 0 bridgehead atoms. The normalized spacial score (nSPS) is 17.7. The maximum Gasteiger partial charge on any atom is 0.303 e. The molecule has 0 aliphatic carbocycles. The van der Waals surface area contributed by atoms with Gasteiger partial charge in [-0.15, -0.1) is 0 Å². The molecule has 3 aromatic carbocycles. The standard InChI is InChI=1S/C39H44ClN5O7/c1-25-31(27-8-6-5-7-9-27)23-32(28-10-13-30(50-4)14-11-28)38(52-26(2)46)39(49)45(25)21-20-44(3)19-18-41-37(48)24-51-35-16-12-29(22-33(35)40)34-15-17-36(47)43-42-34/h5-14,16,22,32,38H,15,17-21,23-24H2,1-4H3,(H,41,48)(H,43,47)/t32-,38+/m0/s1. The second-order valence-corrected chi connectivity index (χ2v) is 13.1. The maximum absolute atomic E-state index is 14.3. The molecule has 2 heterocycles. The number of hydrogen-bond acceptors (Lipinski definition) is 9. The van der Waals surface area contributed by atoms with Crippen molar-refractivity contribution in [1.82, 2.24) is 20.5 Å². The molecule has 12 nitrogen and oxygen atoms in total. The third-order valence-electron chi connectivity index (χ3n) is 9.15. The molecule has 2 atom stereocenters. The van der Waals surface area contributed by atoms with Crippen LogP contribution < -0.4 is 20.2 Å². The molecule has 0 saturated carbocycles. The Bertz CT molecular complexity index is 1830. The van der Waals surface area contributed by atoms with Crippen LogP contribution in [-0.2, 0) is 23.9 Å². The van der Waals surface area contributed by atoms with Gasteiger partial charge in [0, 0.05) is 57.6 Å². The van der Waals surface area contributed by atoms with Crippen molar-refractivity contribution in [3.8, 4) is 11.5 Å². The van der Waals surface area contributed by atoms with Crippen molar-refractivity contribution in [3.05, 3.63) is 100 Å². The highest BCUT2D eigenvalue weighted by molar-refractivity contribution is 6.32. The van der Waals surface area contributed by atoms with Gasteiger partial charge in [0.25, 0.3) is 11.8 Å². The van der Waals surface area contributed by atoms with Crippen LogP contribution in [0.2, 0.25) is 5.02 Å². The van der Waals surface area contributed by atoms with Gasteiger partial charge in [-0.2, -0.15) is 5.10 Å². The average Bonchev–Trinajstić information content (AvgIpc) is 3.24. The van der Waals surface area contributed by atoms with Crippen LogP contribution in [0.25, 0.3) is 5.57 Å². The Morgan fingerprint density at radius 3 is 2.42 bits per heavy atom.